The summed E-state index contributed by atoms with van der Waals surface area (Å²) in [7, 11) is 0. The number of carbonyl (C=O) groups is 2. The molecule has 0 radical (unpaired) electrons. The van der Waals surface area contributed by atoms with Gasteiger partial charge < -0.3 is 9.84 Å². The maximum absolute atomic E-state index is 11.4. The minimum atomic E-state index is -1.07. The number of benzene rings is 1. The molecule has 104 valence electrons. The molecule has 0 saturated heterocycles. The topological polar surface area (TPSA) is 75.6 Å². The van der Waals surface area contributed by atoms with E-state index in [0.29, 0.717) is 13.0 Å². The van der Waals surface area contributed by atoms with Crippen molar-refractivity contribution in [3.05, 3.63) is 29.3 Å². The Balaban J connectivity index is 2.87. The summed E-state index contributed by atoms with van der Waals surface area (Å²) in [6, 6.07) is 4.99. The van der Waals surface area contributed by atoms with Crippen LogP contribution in [0.15, 0.2) is 18.2 Å². The fourth-order valence-electron chi connectivity index (χ4n) is 1.66. The smallest absolute Gasteiger partial charge is 0.411 e. The van der Waals surface area contributed by atoms with Crippen molar-refractivity contribution in [2.75, 3.05) is 11.9 Å². The number of carbonyl (C=O) groups excluding carboxylic acids is 1. The molecule has 0 spiro atoms. The molecule has 19 heavy (non-hydrogen) atoms. The molecule has 0 saturated carbocycles. The molecule has 2 N–H and O–H groups in total. The standard InChI is InChI=1S/C14H19NO4/c1-3-5-10-6-7-12(11(9-10)13(16)17)15-14(18)19-8-4-2/h6-7,9H,3-5,8H2,1-2H3,(H,15,18)(H,16,17). The van der Waals surface area contributed by atoms with Gasteiger partial charge in [0.1, 0.15) is 0 Å². The molecule has 0 aliphatic carbocycles. The van der Waals surface area contributed by atoms with E-state index in [9.17, 15) is 9.59 Å². The van der Waals surface area contributed by atoms with Gasteiger partial charge in [0, 0.05) is 0 Å². The molecule has 0 heterocycles. The monoisotopic (exact) mass is 265 g/mol. The van der Waals surface area contributed by atoms with Crippen LogP contribution in [0.4, 0.5) is 10.5 Å². The van der Waals surface area contributed by atoms with Crippen LogP contribution in [-0.2, 0) is 11.2 Å². The second kappa shape index (κ2) is 7.41. The van der Waals surface area contributed by atoms with Gasteiger partial charge in [-0.15, -0.1) is 0 Å². The molecular formula is C14H19NO4. The van der Waals surface area contributed by atoms with Gasteiger partial charge in [0.25, 0.3) is 0 Å². The lowest BCUT2D eigenvalue weighted by Crippen LogP contribution is -2.16. The van der Waals surface area contributed by atoms with E-state index in [-0.39, 0.29) is 11.3 Å². The molecule has 1 rings (SSSR count). The number of anilines is 1. The number of amides is 1. The molecule has 0 bridgehead atoms. The van der Waals surface area contributed by atoms with Crippen LogP contribution in [-0.4, -0.2) is 23.8 Å². The fourth-order valence-corrected chi connectivity index (χ4v) is 1.66. The lowest BCUT2D eigenvalue weighted by atomic mass is 10.1. The van der Waals surface area contributed by atoms with E-state index >= 15 is 0 Å². The molecule has 1 aromatic rings. The number of rotatable bonds is 6. The number of aromatic carboxylic acids is 1. The summed E-state index contributed by atoms with van der Waals surface area (Å²) in [5.41, 5.74) is 1.28. The summed E-state index contributed by atoms with van der Waals surface area (Å²) < 4.78 is 4.86. The van der Waals surface area contributed by atoms with Crippen molar-refractivity contribution in [1.82, 2.24) is 0 Å². The first-order valence-electron chi connectivity index (χ1n) is 6.38. The van der Waals surface area contributed by atoms with E-state index in [0.717, 1.165) is 18.4 Å². The third-order valence-corrected chi connectivity index (χ3v) is 2.53. The van der Waals surface area contributed by atoms with Gasteiger partial charge in [0.2, 0.25) is 0 Å². The van der Waals surface area contributed by atoms with Gasteiger partial charge >= 0.3 is 12.1 Å². The molecular weight excluding hydrogens is 246 g/mol. The van der Waals surface area contributed by atoms with E-state index in [1.807, 2.05) is 19.9 Å². The molecule has 0 aliphatic rings. The highest BCUT2D eigenvalue weighted by molar-refractivity contribution is 5.98. The van der Waals surface area contributed by atoms with Crippen molar-refractivity contribution in [1.29, 1.82) is 0 Å². The molecule has 0 unspecified atom stereocenters. The van der Waals surface area contributed by atoms with Gasteiger partial charge in [-0.25, -0.2) is 9.59 Å². The van der Waals surface area contributed by atoms with Crippen molar-refractivity contribution >= 4 is 17.7 Å². The number of carboxylic acid groups (broad SMARTS) is 1. The van der Waals surface area contributed by atoms with Crippen LogP contribution in [0.2, 0.25) is 0 Å². The summed E-state index contributed by atoms with van der Waals surface area (Å²) in [4.78, 5) is 22.6. The van der Waals surface area contributed by atoms with Crippen LogP contribution in [0.25, 0.3) is 0 Å². The van der Waals surface area contributed by atoms with Gasteiger partial charge in [-0.2, -0.15) is 0 Å². The molecule has 0 atom stereocenters. The lowest BCUT2D eigenvalue weighted by molar-refractivity contribution is 0.0698. The predicted molar refractivity (Wildman–Crippen MR) is 72.7 cm³/mol. The minimum absolute atomic E-state index is 0.0828. The number of carboxylic acids is 1. The highest BCUT2D eigenvalue weighted by Crippen LogP contribution is 2.19. The van der Waals surface area contributed by atoms with Gasteiger partial charge in [-0.05, 0) is 30.5 Å². The molecule has 0 fully saturated rings. The number of hydrogen-bond donors (Lipinski definition) is 2. The molecule has 0 aliphatic heterocycles. The summed E-state index contributed by atoms with van der Waals surface area (Å²) in [5.74, 6) is -1.07. The first-order valence-corrected chi connectivity index (χ1v) is 6.38. The van der Waals surface area contributed by atoms with E-state index in [4.69, 9.17) is 9.84 Å². The Morgan fingerprint density at radius 2 is 2.00 bits per heavy atom. The van der Waals surface area contributed by atoms with Crippen molar-refractivity contribution in [3.63, 3.8) is 0 Å². The van der Waals surface area contributed by atoms with Gasteiger partial charge in [-0.1, -0.05) is 26.3 Å². The summed E-state index contributed by atoms with van der Waals surface area (Å²) in [6.07, 6.45) is 1.83. The maximum atomic E-state index is 11.4. The minimum Gasteiger partial charge on any atom is -0.478 e. The van der Waals surface area contributed by atoms with E-state index < -0.39 is 12.1 Å². The van der Waals surface area contributed by atoms with Crippen molar-refractivity contribution in [2.45, 2.75) is 33.1 Å². The van der Waals surface area contributed by atoms with E-state index in [2.05, 4.69) is 5.32 Å². The maximum Gasteiger partial charge on any atom is 0.411 e. The Hall–Kier alpha value is -2.04. The molecule has 5 heteroatoms. The first-order chi connectivity index (χ1) is 9.08. The van der Waals surface area contributed by atoms with Gasteiger partial charge in [0.05, 0.1) is 17.9 Å². The Morgan fingerprint density at radius 3 is 2.58 bits per heavy atom. The first kappa shape index (κ1) is 15.0. The summed E-state index contributed by atoms with van der Waals surface area (Å²) >= 11 is 0. The number of aryl methyl sites for hydroxylation is 1. The Labute approximate surface area is 112 Å². The number of nitrogens with one attached hydrogen (secondary N) is 1. The SMILES string of the molecule is CCCOC(=O)Nc1ccc(CCC)cc1C(=O)O. The van der Waals surface area contributed by atoms with Crippen LogP contribution in [0.1, 0.15) is 42.6 Å². The zero-order valence-electron chi connectivity index (χ0n) is 11.2. The van der Waals surface area contributed by atoms with Crippen LogP contribution >= 0.6 is 0 Å². The highest BCUT2D eigenvalue weighted by atomic mass is 16.5. The molecule has 1 aromatic carbocycles. The Bertz CT molecular complexity index is 457. The van der Waals surface area contributed by atoms with Gasteiger partial charge in [-0.3, -0.25) is 5.32 Å². The van der Waals surface area contributed by atoms with Crippen molar-refractivity contribution < 1.29 is 19.4 Å². The van der Waals surface area contributed by atoms with Crippen molar-refractivity contribution in [3.8, 4) is 0 Å². The van der Waals surface area contributed by atoms with E-state index in [1.54, 1.807) is 12.1 Å². The van der Waals surface area contributed by atoms with Crippen LogP contribution in [0, 0.1) is 0 Å². The third kappa shape index (κ3) is 4.62. The Morgan fingerprint density at radius 1 is 1.26 bits per heavy atom. The molecule has 5 nitrogen and oxygen atoms in total. The fraction of sp³-hybridized carbons (Fsp3) is 0.429. The largest absolute Gasteiger partial charge is 0.478 e. The van der Waals surface area contributed by atoms with Crippen LogP contribution < -0.4 is 5.32 Å². The number of hydrogen-bond acceptors (Lipinski definition) is 3. The van der Waals surface area contributed by atoms with Gasteiger partial charge in [0.15, 0.2) is 0 Å². The highest BCUT2D eigenvalue weighted by Gasteiger charge is 2.13. The third-order valence-electron chi connectivity index (χ3n) is 2.53. The lowest BCUT2D eigenvalue weighted by Gasteiger charge is -2.10. The molecule has 1 amide bonds. The zero-order valence-corrected chi connectivity index (χ0v) is 11.2. The number of ether oxygens (including phenoxy) is 1. The summed E-state index contributed by atoms with van der Waals surface area (Å²) in [6.45, 7) is 4.21. The van der Waals surface area contributed by atoms with Crippen molar-refractivity contribution in [2.24, 2.45) is 0 Å². The Kier molecular flexibility index (Phi) is 5.85. The summed E-state index contributed by atoms with van der Waals surface area (Å²) in [5, 5.41) is 11.6. The van der Waals surface area contributed by atoms with Crippen LogP contribution in [0.3, 0.4) is 0 Å². The predicted octanol–water partition coefficient (Wildman–Crippen LogP) is 3.30. The molecule has 0 aromatic heterocycles. The average molecular weight is 265 g/mol. The second-order valence-corrected chi connectivity index (χ2v) is 4.20. The van der Waals surface area contributed by atoms with Crippen LogP contribution in [0.5, 0.6) is 0 Å². The second-order valence-electron chi connectivity index (χ2n) is 4.20. The quantitative estimate of drug-likeness (QED) is 0.827. The van der Waals surface area contributed by atoms with E-state index in [1.165, 1.54) is 0 Å². The normalized spacial score (nSPS) is 10.0. The average Bonchev–Trinajstić information content (AvgIpc) is 2.38. The zero-order chi connectivity index (χ0) is 14.3.